The molecule has 0 atom stereocenters. The van der Waals surface area contributed by atoms with E-state index in [0.717, 1.165) is 29.9 Å². The van der Waals surface area contributed by atoms with Crippen molar-refractivity contribution in [2.24, 2.45) is 11.8 Å². The summed E-state index contributed by atoms with van der Waals surface area (Å²) in [7, 11) is 1.63. The van der Waals surface area contributed by atoms with Crippen molar-refractivity contribution < 1.29 is 4.79 Å². The number of rotatable bonds is 3. The van der Waals surface area contributed by atoms with Crippen LogP contribution in [-0.2, 0) is 0 Å². The lowest BCUT2D eigenvalue weighted by Crippen LogP contribution is -2.34. The number of thiophene rings is 1. The molecule has 1 fully saturated rings. The number of anilines is 2. The van der Waals surface area contributed by atoms with Gasteiger partial charge in [-0.05, 0) is 30.7 Å². The second kappa shape index (κ2) is 5.82. The van der Waals surface area contributed by atoms with Crippen LogP contribution in [0.25, 0.3) is 0 Å². The zero-order chi connectivity index (χ0) is 14.0. The fraction of sp³-hybridized carbons (Fsp3) is 0.643. The average molecular weight is 281 g/mol. The van der Waals surface area contributed by atoms with Gasteiger partial charge in [-0.25, -0.2) is 0 Å². The SMILES string of the molecule is CNC(=O)c1sc(N2CCC(C(C)C)CC2)cc1N. The number of nitrogens with zero attached hydrogens (tertiary/aromatic N) is 1. The minimum absolute atomic E-state index is 0.0918. The lowest BCUT2D eigenvalue weighted by Gasteiger charge is -2.34. The van der Waals surface area contributed by atoms with Gasteiger partial charge in [-0.1, -0.05) is 13.8 Å². The minimum Gasteiger partial charge on any atom is -0.397 e. The van der Waals surface area contributed by atoms with E-state index in [2.05, 4.69) is 24.1 Å². The smallest absolute Gasteiger partial charge is 0.263 e. The molecule has 0 aromatic carbocycles. The highest BCUT2D eigenvalue weighted by atomic mass is 32.1. The van der Waals surface area contributed by atoms with E-state index in [4.69, 9.17) is 5.73 Å². The van der Waals surface area contributed by atoms with Crippen molar-refractivity contribution in [3.63, 3.8) is 0 Å². The highest BCUT2D eigenvalue weighted by Gasteiger charge is 2.24. The highest BCUT2D eigenvalue weighted by molar-refractivity contribution is 7.18. The average Bonchev–Trinajstić information content (AvgIpc) is 2.80. The van der Waals surface area contributed by atoms with Gasteiger partial charge < -0.3 is 16.0 Å². The summed E-state index contributed by atoms with van der Waals surface area (Å²) in [6.07, 6.45) is 2.45. The van der Waals surface area contributed by atoms with Gasteiger partial charge in [0.25, 0.3) is 5.91 Å². The zero-order valence-electron chi connectivity index (χ0n) is 11.9. The van der Waals surface area contributed by atoms with Crippen molar-refractivity contribution in [2.45, 2.75) is 26.7 Å². The molecule has 0 aliphatic carbocycles. The first-order chi connectivity index (χ1) is 9.02. The molecule has 5 heteroatoms. The third kappa shape index (κ3) is 3.03. The third-order valence-electron chi connectivity index (χ3n) is 3.98. The summed E-state index contributed by atoms with van der Waals surface area (Å²) in [6, 6.07) is 1.94. The predicted octanol–water partition coefficient (Wildman–Crippen LogP) is 2.56. The molecule has 1 aromatic heterocycles. The number of hydrogen-bond donors (Lipinski definition) is 2. The fourth-order valence-electron chi connectivity index (χ4n) is 2.62. The molecule has 1 aromatic rings. The van der Waals surface area contributed by atoms with Crippen molar-refractivity contribution in [1.82, 2.24) is 5.32 Å². The fourth-order valence-corrected chi connectivity index (χ4v) is 3.70. The van der Waals surface area contributed by atoms with Gasteiger partial charge in [0.2, 0.25) is 0 Å². The van der Waals surface area contributed by atoms with Crippen molar-refractivity contribution in [1.29, 1.82) is 0 Å². The number of nitrogens with one attached hydrogen (secondary N) is 1. The molecule has 4 nitrogen and oxygen atoms in total. The molecule has 19 heavy (non-hydrogen) atoms. The molecule has 1 amide bonds. The number of piperidine rings is 1. The second-order valence-electron chi connectivity index (χ2n) is 5.52. The summed E-state index contributed by atoms with van der Waals surface area (Å²) < 4.78 is 0. The van der Waals surface area contributed by atoms with Crippen LogP contribution in [0.15, 0.2) is 6.07 Å². The van der Waals surface area contributed by atoms with Gasteiger partial charge in [0.05, 0.1) is 10.7 Å². The van der Waals surface area contributed by atoms with Crippen LogP contribution in [0.5, 0.6) is 0 Å². The van der Waals surface area contributed by atoms with Gasteiger partial charge in [0.15, 0.2) is 0 Å². The Kier molecular flexibility index (Phi) is 4.34. The van der Waals surface area contributed by atoms with Gasteiger partial charge in [0, 0.05) is 20.1 Å². The van der Waals surface area contributed by atoms with Crippen molar-refractivity contribution >= 4 is 27.9 Å². The first-order valence-electron chi connectivity index (χ1n) is 6.89. The lowest BCUT2D eigenvalue weighted by molar-refractivity contribution is 0.0968. The summed E-state index contributed by atoms with van der Waals surface area (Å²) in [5, 5.41) is 3.76. The molecule has 0 spiro atoms. The zero-order valence-corrected chi connectivity index (χ0v) is 12.7. The lowest BCUT2D eigenvalue weighted by atomic mass is 9.87. The molecule has 0 saturated carbocycles. The van der Waals surface area contributed by atoms with Crippen LogP contribution in [0.1, 0.15) is 36.4 Å². The Morgan fingerprint density at radius 1 is 1.47 bits per heavy atom. The van der Waals surface area contributed by atoms with Crippen LogP contribution in [0, 0.1) is 11.8 Å². The molecule has 2 rings (SSSR count). The van der Waals surface area contributed by atoms with Crippen LogP contribution >= 0.6 is 11.3 Å². The second-order valence-corrected chi connectivity index (χ2v) is 6.55. The molecule has 0 radical (unpaired) electrons. The Hall–Kier alpha value is -1.23. The first kappa shape index (κ1) is 14.2. The van der Waals surface area contributed by atoms with Crippen molar-refractivity contribution in [3.05, 3.63) is 10.9 Å². The van der Waals surface area contributed by atoms with Crippen LogP contribution in [-0.4, -0.2) is 26.0 Å². The maximum atomic E-state index is 11.7. The largest absolute Gasteiger partial charge is 0.397 e. The molecular formula is C14H23N3OS. The quantitative estimate of drug-likeness (QED) is 0.895. The van der Waals surface area contributed by atoms with Gasteiger partial charge in [-0.15, -0.1) is 11.3 Å². The van der Waals surface area contributed by atoms with Gasteiger partial charge >= 0.3 is 0 Å². The van der Waals surface area contributed by atoms with E-state index >= 15 is 0 Å². The van der Waals surface area contributed by atoms with E-state index in [1.807, 2.05) is 6.07 Å². The molecule has 0 unspecified atom stereocenters. The number of carbonyl (C=O) groups excluding carboxylic acids is 1. The number of carbonyl (C=O) groups is 1. The summed E-state index contributed by atoms with van der Waals surface area (Å²) in [6.45, 7) is 6.73. The molecule has 1 aliphatic heterocycles. The van der Waals surface area contributed by atoms with E-state index in [9.17, 15) is 4.79 Å². The van der Waals surface area contributed by atoms with Gasteiger partial charge in [0.1, 0.15) is 4.88 Å². The molecule has 3 N–H and O–H groups in total. The van der Waals surface area contributed by atoms with E-state index in [-0.39, 0.29) is 5.91 Å². The maximum Gasteiger partial charge on any atom is 0.263 e. The maximum absolute atomic E-state index is 11.7. The summed E-state index contributed by atoms with van der Waals surface area (Å²) >= 11 is 1.50. The molecule has 106 valence electrons. The first-order valence-corrected chi connectivity index (χ1v) is 7.71. The standard InChI is InChI=1S/C14H23N3OS/c1-9(2)10-4-6-17(7-5-10)12-8-11(15)13(19-12)14(18)16-3/h8-10H,4-7,15H2,1-3H3,(H,16,18). The van der Waals surface area contributed by atoms with Gasteiger partial charge in [-0.3, -0.25) is 4.79 Å². The molecule has 0 bridgehead atoms. The molecule has 2 heterocycles. The van der Waals surface area contributed by atoms with E-state index in [1.54, 1.807) is 7.05 Å². The Morgan fingerprint density at radius 2 is 2.11 bits per heavy atom. The number of nitrogen functional groups attached to an aromatic ring is 1. The Labute approximate surface area is 119 Å². The predicted molar refractivity (Wildman–Crippen MR) is 81.9 cm³/mol. The highest BCUT2D eigenvalue weighted by Crippen LogP contribution is 2.35. The summed E-state index contributed by atoms with van der Waals surface area (Å²) in [4.78, 5) is 14.7. The van der Waals surface area contributed by atoms with Crippen LogP contribution < -0.4 is 16.0 Å². The number of nitrogens with two attached hydrogens (primary N) is 1. The molecular weight excluding hydrogens is 258 g/mol. The van der Waals surface area contributed by atoms with E-state index in [1.165, 1.54) is 24.2 Å². The Bertz CT molecular complexity index is 448. The van der Waals surface area contributed by atoms with Crippen molar-refractivity contribution in [2.75, 3.05) is 30.8 Å². The van der Waals surface area contributed by atoms with E-state index < -0.39 is 0 Å². The van der Waals surface area contributed by atoms with E-state index in [0.29, 0.717) is 10.6 Å². The van der Waals surface area contributed by atoms with Crippen molar-refractivity contribution in [3.8, 4) is 0 Å². The van der Waals surface area contributed by atoms with Crippen LogP contribution in [0.4, 0.5) is 10.7 Å². The Morgan fingerprint density at radius 3 is 2.63 bits per heavy atom. The van der Waals surface area contributed by atoms with Crippen LogP contribution in [0.2, 0.25) is 0 Å². The van der Waals surface area contributed by atoms with Crippen LogP contribution in [0.3, 0.4) is 0 Å². The minimum atomic E-state index is -0.0918. The number of amides is 1. The number of hydrogen-bond acceptors (Lipinski definition) is 4. The Balaban J connectivity index is 2.06. The summed E-state index contributed by atoms with van der Waals surface area (Å²) in [5.74, 6) is 1.50. The third-order valence-corrected chi connectivity index (χ3v) is 5.19. The van der Waals surface area contributed by atoms with Gasteiger partial charge in [-0.2, -0.15) is 0 Å². The normalized spacial score (nSPS) is 16.9. The molecule has 1 saturated heterocycles. The topological polar surface area (TPSA) is 58.4 Å². The molecule has 1 aliphatic rings. The summed E-state index contributed by atoms with van der Waals surface area (Å²) in [5.41, 5.74) is 6.51. The monoisotopic (exact) mass is 281 g/mol.